The molecule has 5 heterocycles. The van der Waals surface area contributed by atoms with Crippen molar-refractivity contribution in [3.05, 3.63) is 65.7 Å². The number of rotatable bonds is 2. The molecule has 8 heteroatoms. The number of nitrogens with zero attached hydrogens (tertiary/aromatic N) is 6. The fourth-order valence-corrected chi connectivity index (χ4v) is 5.70. The van der Waals surface area contributed by atoms with Crippen molar-refractivity contribution >= 4 is 17.1 Å². The predicted octanol–water partition coefficient (Wildman–Crippen LogP) is 3.34. The second kappa shape index (κ2) is 7.85. The van der Waals surface area contributed by atoms with E-state index in [9.17, 15) is 0 Å². The molecule has 1 aromatic carbocycles. The van der Waals surface area contributed by atoms with Crippen LogP contribution >= 0.6 is 0 Å². The summed E-state index contributed by atoms with van der Waals surface area (Å²) in [6, 6.07) is 12.8. The third kappa shape index (κ3) is 3.05. The first kappa shape index (κ1) is 20.1. The molecule has 4 aromatic rings. The van der Waals surface area contributed by atoms with Crippen molar-refractivity contribution in [2.45, 2.75) is 31.4 Å². The van der Waals surface area contributed by atoms with Crippen LogP contribution in [-0.2, 0) is 28.0 Å². The summed E-state index contributed by atoms with van der Waals surface area (Å²) in [7, 11) is 0. The summed E-state index contributed by atoms with van der Waals surface area (Å²) in [5.41, 5.74) is 6.03. The van der Waals surface area contributed by atoms with Crippen LogP contribution < -0.4 is 4.90 Å². The zero-order valence-electron chi connectivity index (χ0n) is 19.0. The van der Waals surface area contributed by atoms with Gasteiger partial charge in [0.1, 0.15) is 17.9 Å². The zero-order chi connectivity index (χ0) is 22.5. The lowest BCUT2D eigenvalue weighted by Gasteiger charge is -2.37. The summed E-state index contributed by atoms with van der Waals surface area (Å²) in [4.78, 5) is 21.5. The number of benzene rings is 1. The van der Waals surface area contributed by atoms with Crippen LogP contribution in [0, 0.1) is 0 Å². The Hall–Kier alpha value is -3.36. The van der Waals surface area contributed by atoms with Crippen LogP contribution in [0.2, 0.25) is 0 Å². The Morgan fingerprint density at radius 3 is 2.76 bits per heavy atom. The van der Waals surface area contributed by atoms with E-state index < -0.39 is 0 Å². The number of fused-ring (bicyclic) bond motifs is 6. The van der Waals surface area contributed by atoms with Gasteiger partial charge in [-0.15, -0.1) is 0 Å². The van der Waals surface area contributed by atoms with Crippen LogP contribution in [0.5, 0.6) is 0 Å². The highest BCUT2D eigenvalue weighted by Crippen LogP contribution is 2.45. The quantitative estimate of drug-likeness (QED) is 0.460. The topological polar surface area (TPSA) is 78.2 Å². The number of hydrogen-bond acceptors (Lipinski definition) is 7. The van der Waals surface area contributed by atoms with E-state index in [-0.39, 0.29) is 5.54 Å². The molecule has 0 bridgehead atoms. The van der Waals surface area contributed by atoms with E-state index >= 15 is 0 Å². The molecule has 0 N–H and O–H groups in total. The van der Waals surface area contributed by atoms with Crippen LogP contribution in [0.4, 0.5) is 5.95 Å². The smallest absolute Gasteiger partial charge is 0.225 e. The average Bonchev–Trinajstić information content (AvgIpc) is 3.31. The summed E-state index contributed by atoms with van der Waals surface area (Å²) in [5.74, 6) is 1.69. The van der Waals surface area contributed by atoms with Gasteiger partial charge in [-0.05, 0) is 42.5 Å². The molecule has 1 atom stereocenters. The molecular formula is C26H26N6O2. The molecule has 1 saturated heterocycles. The minimum Gasteiger partial charge on any atom is -0.380 e. The Bertz CT molecular complexity index is 1360. The maximum Gasteiger partial charge on any atom is 0.225 e. The van der Waals surface area contributed by atoms with E-state index in [0.717, 1.165) is 73.2 Å². The molecule has 1 unspecified atom stereocenters. The molecule has 1 spiro atoms. The van der Waals surface area contributed by atoms with Gasteiger partial charge in [-0.1, -0.05) is 24.3 Å². The lowest BCUT2D eigenvalue weighted by atomic mass is 9.91. The maximum absolute atomic E-state index is 6.07. The summed E-state index contributed by atoms with van der Waals surface area (Å²) in [6.07, 6.45) is 6.77. The molecule has 8 nitrogen and oxygen atoms in total. The van der Waals surface area contributed by atoms with E-state index in [0.29, 0.717) is 19.8 Å². The number of pyridine rings is 1. The van der Waals surface area contributed by atoms with Crippen molar-refractivity contribution in [3.63, 3.8) is 0 Å². The Morgan fingerprint density at radius 2 is 1.82 bits per heavy atom. The molecule has 1 aliphatic carbocycles. The second-order valence-corrected chi connectivity index (χ2v) is 9.31. The normalized spacial score (nSPS) is 22.1. The summed E-state index contributed by atoms with van der Waals surface area (Å²) < 4.78 is 14.0. The molecule has 1 fully saturated rings. The number of aryl methyl sites for hydroxylation is 1. The van der Waals surface area contributed by atoms with E-state index in [1.807, 2.05) is 18.5 Å². The van der Waals surface area contributed by atoms with Gasteiger partial charge in [-0.25, -0.2) is 19.9 Å². The van der Waals surface area contributed by atoms with Crippen molar-refractivity contribution in [2.24, 2.45) is 0 Å². The number of anilines is 1. The molecular weight excluding hydrogens is 428 g/mol. The SMILES string of the molecule is c1ccc2c(c1)CCC21COCc2nc3ccc(-c4cnc(N5CCCOCC5)nc4)nc3n21. The summed E-state index contributed by atoms with van der Waals surface area (Å²) >= 11 is 0. The van der Waals surface area contributed by atoms with E-state index in [4.69, 9.17) is 19.4 Å². The summed E-state index contributed by atoms with van der Waals surface area (Å²) in [6.45, 7) is 4.39. The first-order chi connectivity index (χ1) is 16.8. The van der Waals surface area contributed by atoms with Gasteiger partial charge in [0.05, 0.1) is 24.4 Å². The third-order valence-corrected chi connectivity index (χ3v) is 7.34. The number of hydrogen-bond donors (Lipinski definition) is 0. The minimum absolute atomic E-state index is 0.250. The highest BCUT2D eigenvalue weighted by Gasteiger charge is 2.45. The van der Waals surface area contributed by atoms with Crippen molar-refractivity contribution in [2.75, 3.05) is 37.8 Å². The average molecular weight is 455 g/mol. The largest absolute Gasteiger partial charge is 0.380 e. The van der Waals surface area contributed by atoms with Crippen molar-refractivity contribution in [1.82, 2.24) is 24.5 Å². The number of ether oxygens (including phenoxy) is 2. The van der Waals surface area contributed by atoms with E-state index in [1.165, 1.54) is 11.1 Å². The van der Waals surface area contributed by atoms with Crippen LogP contribution in [0.25, 0.3) is 22.4 Å². The van der Waals surface area contributed by atoms with Gasteiger partial charge in [-0.3, -0.25) is 4.57 Å². The molecule has 34 heavy (non-hydrogen) atoms. The van der Waals surface area contributed by atoms with E-state index in [1.54, 1.807) is 0 Å². The van der Waals surface area contributed by atoms with Gasteiger partial charge in [0.15, 0.2) is 5.65 Å². The van der Waals surface area contributed by atoms with Crippen molar-refractivity contribution < 1.29 is 9.47 Å². The number of imidazole rings is 1. The maximum atomic E-state index is 6.07. The predicted molar refractivity (Wildman–Crippen MR) is 128 cm³/mol. The lowest BCUT2D eigenvalue weighted by molar-refractivity contribution is 0.0225. The molecule has 0 saturated carbocycles. The molecule has 0 amide bonds. The van der Waals surface area contributed by atoms with Crippen LogP contribution in [0.1, 0.15) is 29.8 Å². The molecule has 7 rings (SSSR count). The molecule has 3 aliphatic rings. The van der Waals surface area contributed by atoms with Crippen LogP contribution in [0.3, 0.4) is 0 Å². The number of aromatic nitrogens is 5. The molecule has 172 valence electrons. The minimum atomic E-state index is -0.250. The highest BCUT2D eigenvalue weighted by molar-refractivity contribution is 5.77. The second-order valence-electron chi connectivity index (χ2n) is 9.31. The van der Waals surface area contributed by atoms with Crippen molar-refractivity contribution in [3.8, 4) is 11.3 Å². The van der Waals surface area contributed by atoms with Crippen LogP contribution in [0.15, 0.2) is 48.8 Å². The fourth-order valence-electron chi connectivity index (χ4n) is 5.70. The fraction of sp³-hybridized carbons (Fsp3) is 0.385. The molecule has 3 aromatic heterocycles. The zero-order valence-corrected chi connectivity index (χ0v) is 19.0. The van der Waals surface area contributed by atoms with Gasteiger partial charge >= 0.3 is 0 Å². The third-order valence-electron chi connectivity index (χ3n) is 7.34. The van der Waals surface area contributed by atoms with Crippen molar-refractivity contribution in [1.29, 1.82) is 0 Å². The first-order valence-corrected chi connectivity index (χ1v) is 12.0. The van der Waals surface area contributed by atoms with Gasteiger partial charge in [-0.2, -0.15) is 0 Å². The monoisotopic (exact) mass is 454 g/mol. The highest BCUT2D eigenvalue weighted by atomic mass is 16.5. The Balaban J connectivity index is 1.30. The van der Waals surface area contributed by atoms with Gasteiger partial charge in [0, 0.05) is 37.7 Å². The molecule has 2 aliphatic heterocycles. The van der Waals surface area contributed by atoms with Gasteiger partial charge < -0.3 is 14.4 Å². The van der Waals surface area contributed by atoms with Crippen LogP contribution in [-0.4, -0.2) is 57.4 Å². The Labute approximate surface area is 197 Å². The standard InChI is InChI=1S/C26H26N6O2/c1-2-5-20-18(4-1)8-9-26(20)17-34-16-23-29-22-7-6-21(30-24(22)32(23)26)19-14-27-25(28-15-19)31-10-3-12-33-13-11-31/h1-2,4-7,14-15H,3,8-13,16-17H2. The Morgan fingerprint density at radius 1 is 0.912 bits per heavy atom. The Kier molecular flexibility index (Phi) is 4.63. The first-order valence-electron chi connectivity index (χ1n) is 12.0. The lowest BCUT2D eigenvalue weighted by Crippen LogP contribution is -2.42. The van der Waals surface area contributed by atoms with Gasteiger partial charge in [0.2, 0.25) is 5.95 Å². The van der Waals surface area contributed by atoms with E-state index in [2.05, 4.69) is 49.8 Å². The van der Waals surface area contributed by atoms with Gasteiger partial charge in [0.25, 0.3) is 0 Å². The molecule has 0 radical (unpaired) electrons. The summed E-state index contributed by atoms with van der Waals surface area (Å²) in [5, 5.41) is 0.